The minimum absolute atomic E-state index is 0.100. The summed E-state index contributed by atoms with van der Waals surface area (Å²) in [6.45, 7) is 0. The summed E-state index contributed by atoms with van der Waals surface area (Å²) in [5.74, 6) is 0.213. The minimum atomic E-state index is -0.291. The molecule has 2 N–H and O–H groups in total. The first-order valence-corrected chi connectivity index (χ1v) is 9.20. The molecule has 2 aliphatic rings. The highest BCUT2D eigenvalue weighted by molar-refractivity contribution is 5.83. The van der Waals surface area contributed by atoms with Gasteiger partial charge in [-0.25, -0.2) is 0 Å². The van der Waals surface area contributed by atoms with Gasteiger partial charge in [-0.1, -0.05) is 42.5 Å². The van der Waals surface area contributed by atoms with E-state index < -0.39 is 0 Å². The molecule has 1 heterocycles. The summed E-state index contributed by atoms with van der Waals surface area (Å²) in [5, 5.41) is 8.65. The van der Waals surface area contributed by atoms with E-state index in [2.05, 4.69) is 41.0 Å². The molecule has 0 radical (unpaired) electrons. The number of carbonyl (C=O) groups excluding carboxylic acids is 2. The largest absolute Gasteiger partial charge is 0.353 e. The van der Waals surface area contributed by atoms with Crippen molar-refractivity contribution in [2.24, 2.45) is 0 Å². The van der Waals surface area contributed by atoms with Gasteiger partial charge in [-0.3, -0.25) is 9.59 Å². The summed E-state index contributed by atoms with van der Waals surface area (Å²) in [5.41, 5.74) is 0.920. The summed E-state index contributed by atoms with van der Waals surface area (Å²) in [6.07, 6.45) is 5.51. The minimum Gasteiger partial charge on any atom is -0.353 e. The molecule has 1 aliphatic carbocycles. The van der Waals surface area contributed by atoms with Crippen molar-refractivity contribution in [3.05, 3.63) is 48.0 Å². The number of fused-ring (bicyclic) bond motifs is 1. The van der Waals surface area contributed by atoms with Gasteiger partial charge in [-0.05, 0) is 48.4 Å². The van der Waals surface area contributed by atoms with Crippen molar-refractivity contribution >= 4 is 22.6 Å². The highest BCUT2D eigenvalue weighted by atomic mass is 16.2. The second-order valence-electron chi connectivity index (χ2n) is 7.53. The monoisotopic (exact) mass is 336 g/mol. The van der Waals surface area contributed by atoms with Gasteiger partial charge in [0.25, 0.3) is 0 Å². The van der Waals surface area contributed by atoms with Crippen molar-refractivity contribution in [3.8, 4) is 0 Å². The van der Waals surface area contributed by atoms with Crippen molar-refractivity contribution in [1.82, 2.24) is 10.6 Å². The zero-order chi connectivity index (χ0) is 17.3. The van der Waals surface area contributed by atoms with Crippen LogP contribution in [0.2, 0.25) is 0 Å². The first-order chi connectivity index (χ1) is 12.1. The summed E-state index contributed by atoms with van der Waals surface area (Å²) >= 11 is 0. The number of hydrogen-bond acceptors (Lipinski definition) is 2. The summed E-state index contributed by atoms with van der Waals surface area (Å²) in [4.78, 5) is 24.0. The smallest absolute Gasteiger partial charge is 0.220 e. The Labute approximate surface area is 148 Å². The molecule has 2 amide bonds. The van der Waals surface area contributed by atoms with Gasteiger partial charge in [0.1, 0.15) is 0 Å². The Morgan fingerprint density at radius 1 is 1.16 bits per heavy atom. The molecule has 130 valence electrons. The van der Waals surface area contributed by atoms with Crippen molar-refractivity contribution in [1.29, 1.82) is 0 Å². The Morgan fingerprint density at radius 3 is 2.68 bits per heavy atom. The lowest BCUT2D eigenvalue weighted by Crippen LogP contribution is -2.44. The second-order valence-corrected chi connectivity index (χ2v) is 7.53. The highest BCUT2D eigenvalue weighted by Gasteiger charge is 2.38. The lowest BCUT2D eigenvalue weighted by molar-refractivity contribution is -0.122. The molecule has 2 fully saturated rings. The molecule has 1 atom stereocenters. The van der Waals surface area contributed by atoms with Gasteiger partial charge < -0.3 is 10.6 Å². The maximum atomic E-state index is 12.1. The topological polar surface area (TPSA) is 58.2 Å². The van der Waals surface area contributed by atoms with Crippen LogP contribution in [0.15, 0.2) is 42.5 Å². The van der Waals surface area contributed by atoms with Crippen LogP contribution < -0.4 is 10.6 Å². The molecule has 4 rings (SSSR count). The predicted octanol–water partition coefficient (Wildman–Crippen LogP) is 3.09. The van der Waals surface area contributed by atoms with Crippen LogP contribution in [0.25, 0.3) is 10.8 Å². The van der Waals surface area contributed by atoms with Crippen LogP contribution in [-0.4, -0.2) is 23.4 Å². The number of amides is 2. The van der Waals surface area contributed by atoms with Crippen molar-refractivity contribution in [3.63, 3.8) is 0 Å². The maximum Gasteiger partial charge on any atom is 0.220 e. The Balaban J connectivity index is 1.49. The molecule has 2 aromatic rings. The van der Waals surface area contributed by atoms with Crippen molar-refractivity contribution in [2.45, 2.75) is 56.5 Å². The van der Waals surface area contributed by atoms with Crippen LogP contribution in [0.1, 0.15) is 44.1 Å². The molecule has 1 aliphatic heterocycles. The first-order valence-electron chi connectivity index (χ1n) is 9.20. The number of hydrogen-bond donors (Lipinski definition) is 2. The molecule has 1 saturated heterocycles. The van der Waals surface area contributed by atoms with E-state index in [0.29, 0.717) is 25.3 Å². The summed E-state index contributed by atoms with van der Waals surface area (Å²) in [6, 6.07) is 15.2. The van der Waals surface area contributed by atoms with Gasteiger partial charge >= 0.3 is 0 Å². The Hall–Kier alpha value is -2.36. The molecule has 0 bridgehead atoms. The highest BCUT2D eigenvalue weighted by Crippen LogP contribution is 2.31. The van der Waals surface area contributed by atoms with E-state index in [1.54, 1.807) is 0 Å². The third-order valence-corrected chi connectivity index (χ3v) is 5.36. The number of rotatable bonds is 6. The molecular formula is C21H24N2O2. The normalized spacial score (nSPS) is 22.8. The second kappa shape index (κ2) is 6.51. The van der Waals surface area contributed by atoms with Gasteiger partial charge in [0, 0.05) is 24.4 Å². The Kier molecular flexibility index (Phi) is 4.20. The van der Waals surface area contributed by atoms with E-state index in [4.69, 9.17) is 0 Å². The van der Waals surface area contributed by atoms with E-state index in [1.807, 2.05) is 12.1 Å². The molecule has 4 heteroatoms. The fraction of sp³-hybridized carbons (Fsp3) is 0.429. The third kappa shape index (κ3) is 3.84. The first kappa shape index (κ1) is 16.1. The van der Waals surface area contributed by atoms with Gasteiger partial charge in [0.15, 0.2) is 0 Å². The zero-order valence-electron chi connectivity index (χ0n) is 14.4. The van der Waals surface area contributed by atoms with Gasteiger partial charge in [-0.15, -0.1) is 0 Å². The Morgan fingerprint density at radius 2 is 1.96 bits per heavy atom. The lowest BCUT2D eigenvalue weighted by atomic mass is 9.84. The van der Waals surface area contributed by atoms with Crippen LogP contribution >= 0.6 is 0 Å². The van der Waals surface area contributed by atoms with Gasteiger partial charge in [0.2, 0.25) is 11.8 Å². The average molecular weight is 336 g/mol. The number of carbonyl (C=O) groups is 2. The average Bonchev–Trinajstić information content (AvgIpc) is 3.35. The Bertz CT molecular complexity index is 812. The summed E-state index contributed by atoms with van der Waals surface area (Å²) < 4.78 is 0. The van der Waals surface area contributed by atoms with Crippen molar-refractivity contribution in [2.75, 3.05) is 0 Å². The lowest BCUT2D eigenvalue weighted by Gasteiger charge is -2.29. The van der Waals surface area contributed by atoms with Crippen molar-refractivity contribution < 1.29 is 9.59 Å². The third-order valence-electron chi connectivity index (χ3n) is 5.36. The standard InChI is InChI=1S/C21H24N2O2/c24-19(22-18-7-8-18)9-11-21(12-10-20(25)23-21)14-15-5-6-16-3-1-2-4-17(16)13-15/h1-6,13,18H,7-12,14H2,(H,22,24)(H,23,25)/t21-/m1/s1. The van der Waals surface area contributed by atoms with E-state index >= 15 is 0 Å². The fourth-order valence-corrected chi connectivity index (χ4v) is 3.80. The van der Waals surface area contributed by atoms with Crippen LogP contribution in [0.3, 0.4) is 0 Å². The maximum absolute atomic E-state index is 12.1. The molecule has 4 nitrogen and oxygen atoms in total. The van der Waals surface area contributed by atoms with Crippen LogP contribution in [0.5, 0.6) is 0 Å². The van der Waals surface area contributed by atoms with E-state index in [-0.39, 0.29) is 17.4 Å². The van der Waals surface area contributed by atoms with Gasteiger partial charge in [0.05, 0.1) is 0 Å². The zero-order valence-corrected chi connectivity index (χ0v) is 14.4. The molecule has 25 heavy (non-hydrogen) atoms. The van der Waals surface area contributed by atoms with Crippen LogP contribution in [0.4, 0.5) is 0 Å². The van der Waals surface area contributed by atoms with Crippen LogP contribution in [0, 0.1) is 0 Å². The van der Waals surface area contributed by atoms with Gasteiger partial charge in [-0.2, -0.15) is 0 Å². The SMILES string of the molecule is O=C(CC[C@]1(Cc2ccc3ccccc3c2)CCC(=O)N1)NC1CC1. The molecule has 0 aromatic heterocycles. The molecular weight excluding hydrogens is 312 g/mol. The van der Waals surface area contributed by atoms with E-state index in [0.717, 1.165) is 25.7 Å². The summed E-state index contributed by atoms with van der Waals surface area (Å²) in [7, 11) is 0. The molecule has 1 saturated carbocycles. The predicted molar refractivity (Wildman–Crippen MR) is 98.2 cm³/mol. The molecule has 0 spiro atoms. The molecule has 0 unspecified atom stereocenters. The van der Waals surface area contributed by atoms with Crippen LogP contribution in [-0.2, 0) is 16.0 Å². The molecule has 2 aromatic carbocycles. The quantitative estimate of drug-likeness (QED) is 0.852. The van der Waals surface area contributed by atoms with E-state index in [1.165, 1.54) is 16.3 Å². The number of benzene rings is 2. The fourth-order valence-electron chi connectivity index (χ4n) is 3.80. The van der Waals surface area contributed by atoms with E-state index in [9.17, 15) is 9.59 Å². The number of nitrogens with one attached hydrogen (secondary N) is 2.